The summed E-state index contributed by atoms with van der Waals surface area (Å²) in [5.74, 6) is 0.438. The largest absolute Gasteiger partial charge is 0.300 e. The van der Waals surface area contributed by atoms with E-state index >= 15 is 0 Å². The van der Waals surface area contributed by atoms with Gasteiger partial charge in [0, 0.05) is 32.0 Å². The molecule has 1 saturated heterocycles. The quantitative estimate of drug-likeness (QED) is 0.547. The van der Waals surface area contributed by atoms with Crippen LogP contribution < -0.4 is 0 Å². The fraction of sp³-hybridized carbons (Fsp3) is 0.700. The van der Waals surface area contributed by atoms with E-state index in [-0.39, 0.29) is 0 Å². The highest BCUT2D eigenvalue weighted by molar-refractivity contribution is 5.79. The molecule has 1 fully saturated rings. The van der Waals surface area contributed by atoms with Crippen molar-refractivity contribution in [1.29, 1.82) is 0 Å². The van der Waals surface area contributed by atoms with Crippen molar-refractivity contribution in [3.63, 3.8) is 0 Å². The molecule has 0 saturated carbocycles. The molecule has 66 valence electrons. The lowest BCUT2D eigenvalue weighted by Crippen LogP contribution is -2.39. The third kappa shape index (κ3) is 1.58. The van der Waals surface area contributed by atoms with Crippen LogP contribution in [0.5, 0.6) is 0 Å². The van der Waals surface area contributed by atoms with Gasteiger partial charge in [0.2, 0.25) is 0 Å². The molecule has 0 aromatic rings. The maximum absolute atomic E-state index is 11.0. The average Bonchev–Trinajstić information content (AvgIpc) is 2.58. The zero-order valence-corrected chi connectivity index (χ0v) is 7.33. The maximum Gasteiger partial charge on any atom is 0.135 e. The van der Waals surface area contributed by atoms with Gasteiger partial charge in [-0.3, -0.25) is 9.69 Å². The van der Waals surface area contributed by atoms with Crippen LogP contribution in [0.15, 0.2) is 12.2 Å². The Kier molecular flexibility index (Phi) is 2.26. The average molecular weight is 165 g/mol. The first-order valence-corrected chi connectivity index (χ1v) is 4.79. The van der Waals surface area contributed by atoms with Crippen LogP contribution in [0, 0.1) is 0 Å². The Morgan fingerprint density at radius 3 is 2.67 bits per heavy atom. The summed E-state index contributed by atoms with van der Waals surface area (Å²) >= 11 is 0. The van der Waals surface area contributed by atoms with Crippen molar-refractivity contribution in [3.8, 4) is 0 Å². The van der Waals surface area contributed by atoms with Gasteiger partial charge in [-0.25, -0.2) is 0 Å². The SMILES string of the molecule is O=C1CCN(C2C=CCC2)CC1. The molecule has 12 heavy (non-hydrogen) atoms. The lowest BCUT2D eigenvalue weighted by Gasteiger charge is -2.30. The van der Waals surface area contributed by atoms with Crippen molar-refractivity contribution >= 4 is 5.78 Å². The highest BCUT2D eigenvalue weighted by atomic mass is 16.1. The Morgan fingerprint density at radius 2 is 2.08 bits per heavy atom. The van der Waals surface area contributed by atoms with Crippen LogP contribution in [-0.4, -0.2) is 29.8 Å². The van der Waals surface area contributed by atoms with Crippen molar-refractivity contribution in [2.45, 2.75) is 31.7 Å². The molecule has 0 N–H and O–H groups in total. The van der Waals surface area contributed by atoms with Crippen molar-refractivity contribution in [2.75, 3.05) is 13.1 Å². The minimum Gasteiger partial charge on any atom is -0.300 e. The van der Waals surface area contributed by atoms with Gasteiger partial charge in [0.1, 0.15) is 5.78 Å². The number of carbonyl (C=O) groups is 1. The minimum absolute atomic E-state index is 0.438. The van der Waals surface area contributed by atoms with E-state index in [1.807, 2.05) is 0 Å². The molecule has 1 heterocycles. The van der Waals surface area contributed by atoms with Crippen LogP contribution in [0.3, 0.4) is 0 Å². The van der Waals surface area contributed by atoms with E-state index in [1.165, 1.54) is 12.8 Å². The van der Waals surface area contributed by atoms with E-state index in [0.717, 1.165) is 25.9 Å². The molecule has 0 aromatic carbocycles. The molecule has 2 rings (SSSR count). The van der Waals surface area contributed by atoms with Crippen molar-refractivity contribution in [2.24, 2.45) is 0 Å². The first-order chi connectivity index (χ1) is 5.86. The molecule has 0 bridgehead atoms. The molecular weight excluding hydrogens is 150 g/mol. The number of ketones is 1. The molecule has 2 nitrogen and oxygen atoms in total. The first kappa shape index (κ1) is 7.99. The van der Waals surface area contributed by atoms with Crippen molar-refractivity contribution in [3.05, 3.63) is 12.2 Å². The number of Topliss-reactive ketones (excluding diaryl/α,β-unsaturated/α-hetero) is 1. The van der Waals surface area contributed by atoms with Crippen LogP contribution in [0.2, 0.25) is 0 Å². The lowest BCUT2D eigenvalue weighted by atomic mass is 10.1. The summed E-state index contributed by atoms with van der Waals surface area (Å²) in [5.41, 5.74) is 0. The molecule has 0 aromatic heterocycles. The van der Waals surface area contributed by atoms with E-state index in [9.17, 15) is 4.79 Å². The molecule has 2 aliphatic rings. The monoisotopic (exact) mass is 165 g/mol. The molecule has 1 aliphatic carbocycles. The highest BCUT2D eigenvalue weighted by Crippen LogP contribution is 2.19. The number of allylic oxidation sites excluding steroid dienone is 1. The van der Waals surface area contributed by atoms with Gasteiger partial charge in [-0.15, -0.1) is 0 Å². The summed E-state index contributed by atoms with van der Waals surface area (Å²) in [5, 5.41) is 0. The van der Waals surface area contributed by atoms with Crippen LogP contribution in [0.1, 0.15) is 25.7 Å². The summed E-state index contributed by atoms with van der Waals surface area (Å²) in [6.07, 6.45) is 8.55. The van der Waals surface area contributed by atoms with Crippen molar-refractivity contribution < 1.29 is 4.79 Å². The molecule has 0 amide bonds. The predicted octanol–water partition coefficient (Wildman–Crippen LogP) is 1.37. The number of carbonyl (C=O) groups excluding carboxylic acids is 1. The van der Waals surface area contributed by atoms with E-state index in [4.69, 9.17) is 0 Å². The Hall–Kier alpha value is -0.630. The van der Waals surface area contributed by atoms with Gasteiger partial charge in [-0.05, 0) is 12.8 Å². The third-order valence-corrected chi connectivity index (χ3v) is 2.81. The number of nitrogens with zero attached hydrogens (tertiary/aromatic N) is 1. The fourth-order valence-electron chi connectivity index (χ4n) is 2.03. The van der Waals surface area contributed by atoms with Crippen LogP contribution in [0.4, 0.5) is 0 Å². The van der Waals surface area contributed by atoms with E-state index in [1.54, 1.807) is 0 Å². The summed E-state index contributed by atoms with van der Waals surface area (Å²) in [6.45, 7) is 1.96. The lowest BCUT2D eigenvalue weighted by molar-refractivity contribution is -0.121. The van der Waals surface area contributed by atoms with Crippen LogP contribution >= 0.6 is 0 Å². The normalized spacial score (nSPS) is 31.3. The molecular formula is C10H15NO. The Bertz CT molecular complexity index is 200. The smallest absolute Gasteiger partial charge is 0.135 e. The van der Waals surface area contributed by atoms with E-state index in [2.05, 4.69) is 17.1 Å². The second kappa shape index (κ2) is 3.40. The topological polar surface area (TPSA) is 20.3 Å². The van der Waals surface area contributed by atoms with Crippen LogP contribution in [-0.2, 0) is 4.79 Å². The van der Waals surface area contributed by atoms with Gasteiger partial charge in [0.25, 0.3) is 0 Å². The molecule has 2 heteroatoms. The van der Waals surface area contributed by atoms with Gasteiger partial charge in [0.05, 0.1) is 0 Å². The summed E-state index contributed by atoms with van der Waals surface area (Å²) in [7, 11) is 0. The molecule has 1 aliphatic heterocycles. The summed E-state index contributed by atoms with van der Waals surface area (Å²) < 4.78 is 0. The fourth-order valence-corrected chi connectivity index (χ4v) is 2.03. The molecule has 1 atom stereocenters. The molecule has 0 spiro atoms. The van der Waals surface area contributed by atoms with E-state index < -0.39 is 0 Å². The number of hydrogen-bond donors (Lipinski definition) is 0. The predicted molar refractivity (Wildman–Crippen MR) is 48.0 cm³/mol. The van der Waals surface area contributed by atoms with Gasteiger partial charge in [0.15, 0.2) is 0 Å². The van der Waals surface area contributed by atoms with E-state index in [0.29, 0.717) is 11.8 Å². The van der Waals surface area contributed by atoms with Crippen LogP contribution in [0.25, 0.3) is 0 Å². The van der Waals surface area contributed by atoms with Gasteiger partial charge >= 0.3 is 0 Å². The van der Waals surface area contributed by atoms with Crippen molar-refractivity contribution in [1.82, 2.24) is 4.90 Å². The van der Waals surface area contributed by atoms with Gasteiger partial charge in [-0.2, -0.15) is 0 Å². The second-order valence-corrected chi connectivity index (χ2v) is 3.65. The number of likely N-dealkylation sites (tertiary alicyclic amines) is 1. The zero-order valence-electron chi connectivity index (χ0n) is 7.33. The summed E-state index contributed by atoms with van der Waals surface area (Å²) in [6, 6.07) is 0.637. The third-order valence-electron chi connectivity index (χ3n) is 2.81. The Balaban J connectivity index is 1.88. The number of rotatable bonds is 1. The number of hydrogen-bond acceptors (Lipinski definition) is 2. The number of piperidine rings is 1. The standard InChI is InChI=1S/C10H15NO/c12-10-5-7-11(8-6-10)9-3-1-2-4-9/h1,3,9H,2,4-8H2. The second-order valence-electron chi connectivity index (χ2n) is 3.65. The zero-order chi connectivity index (χ0) is 8.39. The van der Waals surface area contributed by atoms with Gasteiger partial charge < -0.3 is 0 Å². The molecule has 1 unspecified atom stereocenters. The maximum atomic E-state index is 11.0. The first-order valence-electron chi connectivity index (χ1n) is 4.79. The Morgan fingerprint density at radius 1 is 1.33 bits per heavy atom. The van der Waals surface area contributed by atoms with Gasteiger partial charge in [-0.1, -0.05) is 12.2 Å². The minimum atomic E-state index is 0.438. The Labute approximate surface area is 73.2 Å². The molecule has 0 radical (unpaired) electrons. The summed E-state index contributed by atoms with van der Waals surface area (Å²) in [4.78, 5) is 13.4. The highest BCUT2D eigenvalue weighted by Gasteiger charge is 2.22.